The van der Waals surface area contributed by atoms with Gasteiger partial charge in [0.1, 0.15) is 17.3 Å². The van der Waals surface area contributed by atoms with Crippen LogP contribution in [0.3, 0.4) is 0 Å². The molecular weight excluding hydrogens is 427 g/mol. The van der Waals surface area contributed by atoms with Gasteiger partial charge < -0.3 is 4.90 Å². The first kappa shape index (κ1) is 23.1. The number of likely N-dealkylation sites (tertiary alicyclic amines) is 1. The smallest absolute Gasteiger partial charge is 0.150 e. The van der Waals surface area contributed by atoms with E-state index in [0.29, 0.717) is 12.1 Å². The molecule has 180 valence electrons. The standard InChI is InChI=1S/C27H35FN6/c1-3-23-19-33(27-20(2)31-26(17-30-27)25-5-4-12-29-25)15-16-34(23)24-10-13-32(14-11-24)18-21-6-8-22(28)9-7-21/h4,6-9,12,17,23-24H,3,5,10-11,13-16,18-19H2,1-2H3/t23-/m0/s1. The van der Waals surface area contributed by atoms with E-state index in [2.05, 4.69) is 39.6 Å². The quantitative estimate of drug-likeness (QED) is 0.644. The molecule has 1 aromatic heterocycles. The van der Waals surface area contributed by atoms with Gasteiger partial charge in [-0.15, -0.1) is 0 Å². The Labute approximate surface area is 202 Å². The number of piperidine rings is 1. The van der Waals surface area contributed by atoms with Crippen molar-refractivity contribution in [3.05, 3.63) is 65.5 Å². The highest BCUT2D eigenvalue weighted by atomic mass is 19.1. The second-order valence-corrected chi connectivity index (χ2v) is 9.71. The van der Waals surface area contributed by atoms with E-state index in [1.54, 1.807) is 12.1 Å². The van der Waals surface area contributed by atoms with E-state index in [1.165, 1.54) is 18.4 Å². The Morgan fingerprint density at radius 1 is 1.06 bits per heavy atom. The van der Waals surface area contributed by atoms with E-state index in [-0.39, 0.29) is 5.82 Å². The molecule has 0 N–H and O–H groups in total. The number of nitrogens with zero attached hydrogens (tertiary/aromatic N) is 6. The van der Waals surface area contributed by atoms with Gasteiger partial charge in [0.25, 0.3) is 0 Å². The van der Waals surface area contributed by atoms with Crippen LogP contribution in [0.5, 0.6) is 0 Å². The van der Waals surface area contributed by atoms with Crippen LogP contribution in [-0.2, 0) is 6.54 Å². The average molecular weight is 463 g/mol. The number of hydrogen-bond acceptors (Lipinski definition) is 6. The van der Waals surface area contributed by atoms with Gasteiger partial charge in [-0.2, -0.15) is 0 Å². The summed E-state index contributed by atoms with van der Waals surface area (Å²) in [6, 6.07) is 8.11. The van der Waals surface area contributed by atoms with Crippen LogP contribution in [0.15, 0.2) is 47.7 Å². The number of hydrogen-bond donors (Lipinski definition) is 0. The molecule has 1 atom stereocenters. The van der Waals surface area contributed by atoms with Crippen molar-refractivity contribution < 1.29 is 4.39 Å². The Morgan fingerprint density at radius 2 is 1.85 bits per heavy atom. The van der Waals surface area contributed by atoms with Gasteiger partial charge in [-0.1, -0.05) is 25.1 Å². The SMILES string of the molecule is CC[C@H]1CN(c2ncc(C3=NC=CC3)nc2C)CCN1C1CCN(Cc2ccc(F)cc2)CC1. The van der Waals surface area contributed by atoms with Crippen LogP contribution in [0.2, 0.25) is 0 Å². The van der Waals surface area contributed by atoms with Crippen molar-refractivity contribution >= 4 is 11.5 Å². The third-order valence-electron chi connectivity index (χ3n) is 7.51. The van der Waals surface area contributed by atoms with E-state index in [9.17, 15) is 4.39 Å². The molecule has 4 heterocycles. The molecule has 0 aliphatic carbocycles. The molecular formula is C27H35FN6. The Bertz CT molecular complexity index is 1040. The van der Waals surface area contributed by atoms with E-state index in [1.807, 2.05) is 24.5 Å². The van der Waals surface area contributed by atoms with Gasteiger partial charge in [0.15, 0.2) is 0 Å². The highest BCUT2D eigenvalue weighted by Crippen LogP contribution is 2.27. The van der Waals surface area contributed by atoms with Crippen LogP contribution < -0.4 is 4.90 Å². The highest BCUT2D eigenvalue weighted by molar-refractivity contribution is 6.01. The van der Waals surface area contributed by atoms with E-state index in [4.69, 9.17) is 9.97 Å². The number of aliphatic imine (C=N–C) groups is 1. The monoisotopic (exact) mass is 462 g/mol. The predicted molar refractivity (Wildman–Crippen MR) is 135 cm³/mol. The fourth-order valence-corrected chi connectivity index (χ4v) is 5.62. The molecule has 0 bridgehead atoms. The van der Waals surface area contributed by atoms with Gasteiger partial charge in [-0.3, -0.25) is 14.8 Å². The second-order valence-electron chi connectivity index (χ2n) is 9.71. The molecule has 0 unspecified atom stereocenters. The van der Waals surface area contributed by atoms with Crippen LogP contribution in [-0.4, -0.2) is 70.3 Å². The Morgan fingerprint density at radius 3 is 2.53 bits per heavy atom. The minimum Gasteiger partial charge on any atom is -0.352 e. The molecule has 0 radical (unpaired) electrons. The summed E-state index contributed by atoms with van der Waals surface area (Å²) in [5.74, 6) is 0.854. The first-order valence-corrected chi connectivity index (χ1v) is 12.6. The molecule has 3 aliphatic rings. The number of benzene rings is 1. The zero-order chi connectivity index (χ0) is 23.5. The molecule has 6 nitrogen and oxygen atoms in total. The first-order chi connectivity index (χ1) is 16.6. The van der Waals surface area contributed by atoms with Crippen LogP contribution in [0.1, 0.15) is 49.6 Å². The van der Waals surface area contributed by atoms with Gasteiger partial charge in [-0.25, -0.2) is 14.4 Å². The first-order valence-electron chi connectivity index (χ1n) is 12.6. The Balaban J connectivity index is 1.17. The maximum absolute atomic E-state index is 13.2. The van der Waals surface area contributed by atoms with Crippen molar-refractivity contribution in [2.75, 3.05) is 37.6 Å². The van der Waals surface area contributed by atoms with Crippen molar-refractivity contribution in [2.45, 2.75) is 58.2 Å². The normalized spacial score (nSPS) is 22.4. The summed E-state index contributed by atoms with van der Waals surface area (Å²) in [6.07, 6.45) is 10.2. The van der Waals surface area contributed by atoms with Crippen LogP contribution >= 0.6 is 0 Å². The zero-order valence-electron chi connectivity index (χ0n) is 20.3. The molecule has 2 saturated heterocycles. The predicted octanol–water partition coefficient (Wildman–Crippen LogP) is 4.20. The zero-order valence-corrected chi connectivity index (χ0v) is 20.3. The number of piperazine rings is 1. The number of rotatable bonds is 6. The minimum atomic E-state index is -0.162. The van der Waals surface area contributed by atoms with Gasteiger partial charge in [-0.05, 0) is 57.0 Å². The molecule has 0 amide bonds. The third kappa shape index (κ3) is 5.05. The summed E-state index contributed by atoms with van der Waals surface area (Å²) in [4.78, 5) is 21.7. The lowest BCUT2D eigenvalue weighted by molar-refractivity contribution is 0.0610. The summed E-state index contributed by atoms with van der Waals surface area (Å²) >= 11 is 0. The van der Waals surface area contributed by atoms with Gasteiger partial charge in [0.05, 0.1) is 17.6 Å². The number of anilines is 1. The topological polar surface area (TPSA) is 47.9 Å². The molecule has 34 heavy (non-hydrogen) atoms. The highest BCUT2D eigenvalue weighted by Gasteiger charge is 2.34. The third-order valence-corrected chi connectivity index (χ3v) is 7.51. The molecule has 0 saturated carbocycles. The lowest BCUT2D eigenvalue weighted by atomic mass is 9.97. The van der Waals surface area contributed by atoms with Crippen LogP contribution in [0.4, 0.5) is 10.2 Å². The summed E-state index contributed by atoms with van der Waals surface area (Å²) in [5.41, 5.74) is 4.08. The molecule has 5 rings (SSSR count). The molecule has 2 fully saturated rings. The van der Waals surface area contributed by atoms with Gasteiger partial charge >= 0.3 is 0 Å². The Kier molecular flexibility index (Phi) is 7.02. The van der Waals surface area contributed by atoms with Crippen molar-refractivity contribution in [3.8, 4) is 0 Å². The van der Waals surface area contributed by atoms with Crippen LogP contribution in [0, 0.1) is 12.7 Å². The fraction of sp³-hybridized carbons (Fsp3) is 0.519. The molecule has 0 spiro atoms. The molecule has 1 aromatic carbocycles. The summed E-state index contributed by atoms with van der Waals surface area (Å²) < 4.78 is 13.2. The number of allylic oxidation sites excluding steroid dienone is 1. The maximum Gasteiger partial charge on any atom is 0.150 e. The lowest BCUT2D eigenvalue weighted by Gasteiger charge is -2.47. The Hall–Kier alpha value is -2.64. The summed E-state index contributed by atoms with van der Waals surface area (Å²) in [5, 5.41) is 0. The molecule has 7 heteroatoms. The maximum atomic E-state index is 13.2. The van der Waals surface area contributed by atoms with Crippen molar-refractivity contribution in [1.29, 1.82) is 0 Å². The van der Waals surface area contributed by atoms with Crippen LogP contribution in [0.25, 0.3) is 0 Å². The molecule has 3 aliphatic heterocycles. The van der Waals surface area contributed by atoms with E-state index in [0.717, 1.165) is 75.0 Å². The molecule has 2 aromatic rings. The number of aromatic nitrogens is 2. The summed E-state index contributed by atoms with van der Waals surface area (Å²) in [6.45, 7) is 10.5. The van der Waals surface area contributed by atoms with Crippen molar-refractivity contribution in [3.63, 3.8) is 0 Å². The minimum absolute atomic E-state index is 0.162. The second kappa shape index (κ2) is 10.3. The number of aryl methyl sites for hydroxylation is 1. The number of halogens is 1. The lowest BCUT2D eigenvalue weighted by Crippen LogP contribution is -2.58. The van der Waals surface area contributed by atoms with Crippen molar-refractivity contribution in [2.24, 2.45) is 4.99 Å². The average Bonchev–Trinajstić information content (AvgIpc) is 3.41. The fourth-order valence-electron chi connectivity index (χ4n) is 5.62. The largest absolute Gasteiger partial charge is 0.352 e. The van der Waals surface area contributed by atoms with E-state index >= 15 is 0 Å². The van der Waals surface area contributed by atoms with E-state index < -0.39 is 0 Å². The van der Waals surface area contributed by atoms with Gasteiger partial charge in [0.2, 0.25) is 0 Å². The van der Waals surface area contributed by atoms with Crippen molar-refractivity contribution in [1.82, 2.24) is 19.8 Å². The summed E-state index contributed by atoms with van der Waals surface area (Å²) in [7, 11) is 0. The van der Waals surface area contributed by atoms with Gasteiger partial charge in [0, 0.05) is 50.9 Å².